The average Bonchev–Trinajstić information content (AvgIpc) is 3.22. The summed E-state index contributed by atoms with van der Waals surface area (Å²) in [5.41, 5.74) is 2.65. The van der Waals surface area contributed by atoms with Crippen molar-refractivity contribution in [2.45, 2.75) is 38.4 Å². The van der Waals surface area contributed by atoms with Crippen LogP contribution >= 0.6 is 0 Å². The van der Waals surface area contributed by atoms with E-state index < -0.39 is 11.4 Å². The van der Waals surface area contributed by atoms with Gasteiger partial charge in [0.15, 0.2) is 0 Å². The number of hydrogen-bond donors (Lipinski definition) is 2. The lowest BCUT2D eigenvalue weighted by Gasteiger charge is -2.31. The molecule has 3 aliphatic heterocycles. The zero-order chi connectivity index (χ0) is 21.8. The third-order valence-electron chi connectivity index (χ3n) is 6.04. The van der Waals surface area contributed by atoms with Crippen molar-refractivity contribution in [3.8, 4) is 0 Å². The Morgan fingerprint density at radius 3 is 2.87 bits per heavy atom. The van der Waals surface area contributed by atoms with Gasteiger partial charge in [0.05, 0.1) is 17.4 Å². The first kappa shape index (κ1) is 19.8. The van der Waals surface area contributed by atoms with Crippen LogP contribution in [0.25, 0.3) is 11.1 Å². The molecule has 1 saturated heterocycles. The highest BCUT2D eigenvalue weighted by Crippen LogP contribution is 2.44. The number of nitrogens with one attached hydrogen (secondary N) is 1. The van der Waals surface area contributed by atoms with Gasteiger partial charge in [-0.15, -0.1) is 0 Å². The molecular weight excluding hydrogens is 397 g/mol. The Balaban J connectivity index is 1.49. The van der Waals surface area contributed by atoms with Crippen LogP contribution in [0, 0.1) is 5.82 Å². The van der Waals surface area contributed by atoms with Gasteiger partial charge in [-0.1, -0.05) is 0 Å². The summed E-state index contributed by atoms with van der Waals surface area (Å²) in [6.07, 6.45) is 5.13. The fourth-order valence-electron chi connectivity index (χ4n) is 4.50. The number of piperidine rings is 1. The first-order chi connectivity index (χ1) is 14.8. The first-order valence-corrected chi connectivity index (χ1v) is 10.5. The van der Waals surface area contributed by atoms with Crippen LogP contribution in [0.15, 0.2) is 48.4 Å². The molecule has 6 nitrogen and oxygen atoms in total. The van der Waals surface area contributed by atoms with Crippen LogP contribution in [-0.2, 0) is 9.53 Å². The molecule has 0 bridgehead atoms. The Kier molecular flexibility index (Phi) is 4.59. The van der Waals surface area contributed by atoms with Crippen LogP contribution in [0.4, 0.5) is 15.9 Å². The smallest absolute Gasteiger partial charge is 0.260 e. The van der Waals surface area contributed by atoms with Crippen molar-refractivity contribution in [3.63, 3.8) is 0 Å². The summed E-state index contributed by atoms with van der Waals surface area (Å²) in [5, 5.41) is 12.6. The van der Waals surface area contributed by atoms with Gasteiger partial charge in [0.1, 0.15) is 23.0 Å². The minimum Gasteiger partial charge on any atom is -0.482 e. The molecule has 3 aliphatic rings. The molecule has 0 spiro atoms. The van der Waals surface area contributed by atoms with E-state index in [0.29, 0.717) is 29.1 Å². The van der Waals surface area contributed by atoms with E-state index in [9.17, 15) is 14.3 Å². The molecule has 2 N–H and O–H groups in total. The zero-order valence-electron chi connectivity index (χ0n) is 17.5. The summed E-state index contributed by atoms with van der Waals surface area (Å²) in [4.78, 5) is 19.3. The molecule has 31 heavy (non-hydrogen) atoms. The van der Waals surface area contributed by atoms with E-state index in [-0.39, 0.29) is 12.0 Å². The van der Waals surface area contributed by atoms with E-state index in [2.05, 4.69) is 15.2 Å². The minimum absolute atomic E-state index is 0.305. The topological polar surface area (TPSA) is 74.7 Å². The molecule has 7 heteroatoms. The number of aliphatic hydroxyl groups is 1. The Labute approximate surface area is 180 Å². The Hall–Kier alpha value is -3.19. The minimum atomic E-state index is -0.657. The van der Waals surface area contributed by atoms with Gasteiger partial charge in [0.2, 0.25) is 0 Å². The van der Waals surface area contributed by atoms with Crippen molar-refractivity contribution in [2.24, 2.45) is 0 Å². The second kappa shape index (κ2) is 7.20. The summed E-state index contributed by atoms with van der Waals surface area (Å²) in [6.45, 7) is 5.36. The molecule has 1 atom stereocenters. The number of amides is 1. The van der Waals surface area contributed by atoms with Gasteiger partial charge in [0, 0.05) is 36.0 Å². The number of pyridine rings is 1. The third kappa shape index (κ3) is 3.49. The normalized spacial score (nSPS) is 24.5. The molecular formula is C24H24FN3O3. The van der Waals surface area contributed by atoms with Gasteiger partial charge < -0.3 is 20.1 Å². The largest absolute Gasteiger partial charge is 0.482 e. The lowest BCUT2D eigenvalue weighted by atomic mass is 9.93. The molecule has 0 aliphatic carbocycles. The van der Waals surface area contributed by atoms with E-state index in [1.165, 1.54) is 12.1 Å². The molecule has 5 rings (SSSR count). The fraction of sp³-hybridized carbons (Fsp3) is 0.333. The molecule has 4 heterocycles. The van der Waals surface area contributed by atoms with Crippen molar-refractivity contribution >= 4 is 28.6 Å². The molecule has 2 aromatic rings. The van der Waals surface area contributed by atoms with E-state index in [1.54, 1.807) is 12.3 Å². The standard InChI is InChI=1S/C24H24FN3O3/c1-24(2)18(14-5-8-21(26-12-14)28-9-3-4-16(29)13-28)11-20(31-24)22-17-7-6-15(25)10-19(17)27-23(22)30/h5-8,10-12,16,29H,3-4,9,13H2,1-2H3,(H,27,30)/b22-20+. The number of β-amino-alcohol motifs (C(OH)–C–C–N with tert-alkyl or cyclic N) is 1. The number of fused-ring (bicyclic) bond motifs is 1. The number of ether oxygens (including phenoxy) is 1. The predicted molar refractivity (Wildman–Crippen MR) is 117 cm³/mol. The van der Waals surface area contributed by atoms with Crippen LogP contribution in [0.3, 0.4) is 0 Å². The van der Waals surface area contributed by atoms with Gasteiger partial charge in [-0.3, -0.25) is 4.79 Å². The van der Waals surface area contributed by atoms with E-state index in [4.69, 9.17) is 4.74 Å². The van der Waals surface area contributed by atoms with Gasteiger partial charge in [-0.25, -0.2) is 9.37 Å². The maximum Gasteiger partial charge on any atom is 0.260 e. The number of allylic oxidation sites excluding steroid dienone is 1. The molecule has 1 unspecified atom stereocenters. The number of nitrogens with zero attached hydrogens (tertiary/aromatic N) is 2. The molecule has 1 aromatic carbocycles. The maximum absolute atomic E-state index is 13.6. The third-order valence-corrected chi connectivity index (χ3v) is 6.04. The predicted octanol–water partition coefficient (Wildman–Crippen LogP) is 3.74. The number of aromatic nitrogens is 1. The van der Waals surface area contributed by atoms with Gasteiger partial charge in [-0.05, 0) is 63.1 Å². The molecule has 160 valence electrons. The van der Waals surface area contributed by atoms with E-state index in [1.807, 2.05) is 32.1 Å². The monoisotopic (exact) mass is 421 g/mol. The molecule has 1 aromatic heterocycles. The number of benzene rings is 1. The number of aliphatic hydroxyl groups excluding tert-OH is 1. The molecule has 1 fully saturated rings. The fourth-order valence-corrected chi connectivity index (χ4v) is 4.50. The second-order valence-corrected chi connectivity index (χ2v) is 8.70. The zero-order valence-corrected chi connectivity index (χ0v) is 17.5. The van der Waals surface area contributed by atoms with Gasteiger partial charge in [0.25, 0.3) is 5.91 Å². The van der Waals surface area contributed by atoms with Crippen LogP contribution in [-0.4, -0.2) is 40.8 Å². The average molecular weight is 421 g/mol. The van der Waals surface area contributed by atoms with E-state index >= 15 is 0 Å². The van der Waals surface area contributed by atoms with Crippen LogP contribution < -0.4 is 10.2 Å². The van der Waals surface area contributed by atoms with Crippen molar-refractivity contribution in [3.05, 3.63) is 65.3 Å². The summed E-state index contributed by atoms with van der Waals surface area (Å²) in [7, 11) is 0. The number of rotatable bonds is 2. The molecule has 1 amide bonds. The Morgan fingerprint density at radius 2 is 2.13 bits per heavy atom. The maximum atomic E-state index is 13.6. The van der Waals surface area contributed by atoms with Crippen molar-refractivity contribution in [1.29, 1.82) is 0 Å². The van der Waals surface area contributed by atoms with Crippen LogP contribution in [0.2, 0.25) is 0 Å². The summed E-state index contributed by atoms with van der Waals surface area (Å²) in [6, 6.07) is 8.19. The van der Waals surface area contributed by atoms with Crippen LogP contribution in [0.5, 0.6) is 0 Å². The summed E-state index contributed by atoms with van der Waals surface area (Å²) < 4.78 is 19.7. The lowest BCUT2D eigenvalue weighted by molar-refractivity contribution is -0.111. The van der Waals surface area contributed by atoms with Crippen LogP contribution in [0.1, 0.15) is 37.8 Å². The Bertz CT molecular complexity index is 1120. The lowest BCUT2D eigenvalue weighted by Crippen LogP contribution is -2.38. The Morgan fingerprint density at radius 1 is 1.29 bits per heavy atom. The SMILES string of the molecule is CC1(C)O/C(=C2/C(=O)Nc3cc(F)ccc32)C=C1c1ccc(N2CCCC(O)C2)nc1. The highest BCUT2D eigenvalue weighted by Gasteiger charge is 2.38. The summed E-state index contributed by atoms with van der Waals surface area (Å²) >= 11 is 0. The number of anilines is 2. The van der Waals surface area contributed by atoms with Crippen molar-refractivity contribution in [1.82, 2.24) is 4.98 Å². The number of halogens is 1. The highest BCUT2D eigenvalue weighted by atomic mass is 19.1. The van der Waals surface area contributed by atoms with E-state index in [0.717, 1.165) is 36.3 Å². The number of carbonyl (C=O) groups is 1. The van der Waals surface area contributed by atoms with Crippen molar-refractivity contribution in [2.75, 3.05) is 23.3 Å². The first-order valence-electron chi connectivity index (χ1n) is 10.5. The number of hydrogen-bond acceptors (Lipinski definition) is 5. The highest BCUT2D eigenvalue weighted by molar-refractivity contribution is 6.32. The van der Waals surface area contributed by atoms with Gasteiger partial charge in [-0.2, -0.15) is 0 Å². The summed E-state index contributed by atoms with van der Waals surface area (Å²) in [5.74, 6) is 0.596. The van der Waals surface area contributed by atoms with Gasteiger partial charge >= 0.3 is 0 Å². The number of carbonyl (C=O) groups excluding carboxylic acids is 1. The van der Waals surface area contributed by atoms with Crippen molar-refractivity contribution < 1.29 is 19.0 Å². The molecule has 0 radical (unpaired) electrons. The molecule has 0 saturated carbocycles. The quantitative estimate of drug-likeness (QED) is 0.723. The second-order valence-electron chi connectivity index (χ2n) is 8.70.